The number of rotatable bonds is 0. The number of fused-ring (bicyclic) bond motifs is 16. The average Bonchev–Trinajstić information content (AvgIpc) is 2.47. The van der Waals surface area contributed by atoms with E-state index in [1.54, 1.807) is 0 Å². The van der Waals surface area contributed by atoms with Crippen LogP contribution < -0.4 is 0 Å². The molecule has 21 heavy (non-hydrogen) atoms. The molecule has 124 valence electrons. The van der Waals surface area contributed by atoms with Crippen molar-refractivity contribution in [2.45, 2.75) is 6.42 Å². The third-order valence-electron chi connectivity index (χ3n) is 3.89. The van der Waals surface area contributed by atoms with Crippen LogP contribution in [0, 0.1) is 0 Å². The molecule has 0 radical (unpaired) electrons. The Morgan fingerprint density at radius 1 is 0.381 bits per heavy atom. The minimum Gasteiger partial charge on any atom is -0.380 e. The molecule has 3 heterocycles. The molecule has 0 atom stereocenters. The van der Waals surface area contributed by atoms with Gasteiger partial charge >= 0.3 is 0 Å². The van der Waals surface area contributed by atoms with E-state index in [9.17, 15) is 0 Å². The van der Waals surface area contributed by atoms with Gasteiger partial charge in [-0.2, -0.15) is 0 Å². The van der Waals surface area contributed by atoms with Crippen LogP contribution in [0.4, 0.5) is 0 Å². The molecule has 0 aromatic heterocycles. The first-order chi connectivity index (χ1) is 10.4. The van der Waals surface area contributed by atoms with Gasteiger partial charge in [0.15, 0.2) is 0 Å². The lowest BCUT2D eigenvalue weighted by Crippen LogP contribution is -2.38. The van der Waals surface area contributed by atoms with Gasteiger partial charge in [-0.25, -0.2) is 0 Å². The molecule has 6 nitrogen and oxygen atoms in total. The van der Waals surface area contributed by atoms with Crippen molar-refractivity contribution in [2.24, 2.45) is 0 Å². The van der Waals surface area contributed by atoms with Crippen molar-refractivity contribution in [3.63, 3.8) is 0 Å². The highest BCUT2D eigenvalue weighted by molar-refractivity contribution is 4.61. The number of hydrogen-bond acceptors (Lipinski definition) is 6. The molecular formula is C15H30N2O4. The van der Waals surface area contributed by atoms with Crippen LogP contribution in [0.25, 0.3) is 0 Å². The van der Waals surface area contributed by atoms with E-state index in [2.05, 4.69) is 9.80 Å². The summed E-state index contributed by atoms with van der Waals surface area (Å²) in [5.74, 6) is 0. The van der Waals surface area contributed by atoms with E-state index in [1.807, 2.05) is 0 Å². The predicted molar refractivity (Wildman–Crippen MR) is 80.8 cm³/mol. The van der Waals surface area contributed by atoms with E-state index < -0.39 is 0 Å². The second-order valence-corrected chi connectivity index (χ2v) is 5.49. The minimum absolute atomic E-state index is 0.772. The molecule has 3 aliphatic rings. The number of nitrogens with zero attached hydrogens (tertiary/aromatic N) is 2. The zero-order chi connectivity index (χ0) is 14.6. The second kappa shape index (κ2) is 11.3. The predicted octanol–water partition coefficient (Wildman–Crippen LogP) is 0.0741. The second-order valence-electron chi connectivity index (χ2n) is 5.49. The first-order valence-corrected chi connectivity index (χ1v) is 8.21. The molecule has 0 aliphatic carbocycles. The van der Waals surface area contributed by atoms with E-state index >= 15 is 0 Å². The lowest BCUT2D eigenvalue weighted by Gasteiger charge is -2.26. The zero-order valence-electron chi connectivity index (χ0n) is 13.1. The van der Waals surface area contributed by atoms with Crippen molar-refractivity contribution < 1.29 is 18.9 Å². The highest BCUT2D eigenvalue weighted by atomic mass is 16.5. The van der Waals surface area contributed by atoms with Gasteiger partial charge in [0, 0.05) is 52.5 Å². The summed E-state index contributed by atoms with van der Waals surface area (Å²) in [6.45, 7) is 11.9. The topological polar surface area (TPSA) is 43.4 Å². The van der Waals surface area contributed by atoms with E-state index in [1.165, 1.54) is 0 Å². The fourth-order valence-corrected chi connectivity index (χ4v) is 2.50. The minimum atomic E-state index is 0.772. The summed E-state index contributed by atoms with van der Waals surface area (Å²) < 4.78 is 22.9. The van der Waals surface area contributed by atoms with Crippen molar-refractivity contribution in [3.8, 4) is 0 Å². The Bertz CT molecular complexity index is 214. The Labute approximate surface area is 128 Å². The maximum absolute atomic E-state index is 5.76. The highest BCUT2D eigenvalue weighted by Gasteiger charge is 2.10. The van der Waals surface area contributed by atoms with Crippen LogP contribution in [0.1, 0.15) is 6.42 Å². The van der Waals surface area contributed by atoms with Crippen molar-refractivity contribution in [3.05, 3.63) is 0 Å². The molecule has 3 fully saturated rings. The molecule has 6 heteroatoms. The Hall–Kier alpha value is -0.240. The summed E-state index contributed by atoms with van der Waals surface area (Å²) in [7, 11) is 0. The SMILES string of the molecule is C1COCCN2CCOCCN(CCOC1)CCOCC2. The standard InChI is InChI=1S/C15H30N2O4/c1-8-18-10-2-16-4-12-20-14-6-17(3-11-19-9-1)7-15-21-13-5-16/h1-15H2. The van der Waals surface area contributed by atoms with E-state index in [0.717, 1.165) is 98.5 Å². The van der Waals surface area contributed by atoms with Gasteiger partial charge in [0.25, 0.3) is 0 Å². The maximum atomic E-state index is 5.76. The van der Waals surface area contributed by atoms with Gasteiger partial charge in [-0.05, 0) is 6.42 Å². The fourth-order valence-electron chi connectivity index (χ4n) is 2.50. The monoisotopic (exact) mass is 302 g/mol. The summed E-state index contributed by atoms with van der Waals surface area (Å²) in [5.41, 5.74) is 0. The average molecular weight is 302 g/mol. The van der Waals surface area contributed by atoms with Gasteiger partial charge in [-0.1, -0.05) is 0 Å². The normalized spacial score (nSPS) is 32.0. The van der Waals surface area contributed by atoms with E-state index in [4.69, 9.17) is 18.9 Å². The van der Waals surface area contributed by atoms with Crippen LogP contribution in [-0.2, 0) is 18.9 Å². The smallest absolute Gasteiger partial charge is 0.0594 e. The third kappa shape index (κ3) is 8.09. The van der Waals surface area contributed by atoms with Crippen LogP contribution in [0.15, 0.2) is 0 Å². The van der Waals surface area contributed by atoms with Gasteiger partial charge in [0.1, 0.15) is 0 Å². The van der Waals surface area contributed by atoms with Crippen LogP contribution in [0.5, 0.6) is 0 Å². The molecule has 3 aliphatic heterocycles. The van der Waals surface area contributed by atoms with Gasteiger partial charge in [0.2, 0.25) is 0 Å². The van der Waals surface area contributed by atoms with Gasteiger partial charge < -0.3 is 18.9 Å². The molecule has 0 saturated carbocycles. The summed E-state index contributed by atoms with van der Waals surface area (Å²) >= 11 is 0. The molecule has 0 N–H and O–H groups in total. The first kappa shape index (κ1) is 17.1. The van der Waals surface area contributed by atoms with Crippen molar-refractivity contribution in [2.75, 3.05) is 92.1 Å². The molecule has 3 saturated heterocycles. The van der Waals surface area contributed by atoms with E-state index in [0.29, 0.717) is 0 Å². The summed E-state index contributed by atoms with van der Waals surface area (Å²) in [4.78, 5) is 4.73. The molecule has 0 aromatic carbocycles. The molecule has 0 aromatic rings. The summed E-state index contributed by atoms with van der Waals surface area (Å²) in [5, 5.41) is 0. The van der Waals surface area contributed by atoms with E-state index in [-0.39, 0.29) is 0 Å². The highest BCUT2D eigenvalue weighted by Crippen LogP contribution is 1.97. The molecule has 3 rings (SSSR count). The summed E-state index contributed by atoms with van der Waals surface area (Å²) in [6.07, 6.45) is 0.978. The van der Waals surface area contributed by atoms with Crippen LogP contribution >= 0.6 is 0 Å². The summed E-state index contributed by atoms with van der Waals surface area (Å²) in [6, 6.07) is 0. The maximum Gasteiger partial charge on any atom is 0.0594 e. The van der Waals surface area contributed by atoms with Crippen LogP contribution in [0.2, 0.25) is 0 Å². The van der Waals surface area contributed by atoms with Crippen molar-refractivity contribution >= 4 is 0 Å². The quantitative estimate of drug-likeness (QED) is 0.631. The lowest BCUT2D eigenvalue weighted by molar-refractivity contribution is 0.0108. The largest absolute Gasteiger partial charge is 0.380 e. The molecule has 2 bridgehead atoms. The van der Waals surface area contributed by atoms with Gasteiger partial charge in [-0.3, -0.25) is 9.80 Å². The Morgan fingerprint density at radius 2 is 0.667 bits per heavy atom. The van der Waals surface area contributed by atoms with Crippen molar-refractivity contribution in [1.82, 2.24) is 9.80 Å². The van der Waals surface area contributed by atoms with Crippen LogP contribution in [0.3, 0.4) is 0 Å². The molecule has 0 spiro atoms. The van der Waals surface area contributed by atoms with Crippen LogP contribution in [-0.4, -0.2) is 102 Å². The van der Waals surface area contributed by atoms with Gasteiger partial charge in [-0.15, -0.1) is 0 Å². The van der Waals surface area contributed by atoms with Crippen molar-refractivity contribution in [1.29, 1.82) is 0 Å². The Morgan fingerprint density at radius 3 is 1.00 bits per heavy atom. The number of ether oxygens (including phenoxy) is 4. The number of hydrogen-bond donors (Lipinski definition) is 0. The Balaban J connectivity index is 1.85. The molecular weight excluding hydrogens is 272 g/mol. The molecule has 0 amide bonds. The Kier molecular flexibility index (Phi) is 9.25. The lowest BCUT2D eigenvalue weighted by atomic mass is 10.4. The first-order valence-electron chi connectivity index (χ1n) is 8.21. The van der Waals surface area contributed by atoms with Gasteiger partial charge in [0.05, 0.1) is 39.6 Å². The molecule has 0 unspecified atom stereocenters. The third-order valence-corrected chi connectivity index (χ3v) is 3.89. The zero-order valence-corrected chi connectivity index (χ0v) is 13.1. The fraction of sp³-hybridized carbons (Fsp3) is 1.00.